The summed E-state index contributed by atoms with van der Waals surface area (Å²) in [6.45, 7) is 4.54. The van der Waals surface area contributed by atoms with Crippen molar-refractivity contribution >= 4 is 15.9 Å². The molecule has 0 aliphatic carbocycles. The lowest BCUT2D eigenvalue weighted by molar-refractivity contribution is 0.321. The Morgan fingerprint density at radius 1 is 1.10 bits per heavy atom. The van der Waals surface area contributed by atoms with Crippen LogP contribution in [0.5, 0.6) is 17.2 Å². The molecule has 0 bridgehead atoms. The van der Waals surface area contributed by atoms with E-state index in [0.717, 1.165) is 28.0 Å². The maximum atomic E-state index is 6.06. The van der Waals surface area contributed by atoms with Crippen LogP contribution in [0.25, 0.3) is 0 Å². The van der Waals surface area contributed by atoms with Crippen LogP contribution in [0, 0.1) is 0 Å². The predicted octanol–water partition coefficient (Wildman–Crippen LogP) is 4.53. The minimum absolute atomic E-state index is 0.0793. The van der Waals surface area contributed by atoms with Gasteiger partial charge >= 0.3 is 0 Å². The van der Waals surface area contributed by atoms with E-state index in [1.54, 1.807) is 0 Å². The van der Waals surface area contributed by atoms with Crippen molar-refractivity contribution in [2.24, 2.45) is 5.73 Å². The second-order valence-electron chi connectivity index (χ2n) is 4.92. The van der Waals surface area contributed by atoms with Crippen LogP contribution in [-0.4, -0.2) is 12.6 Å². The van der Waals surface area contributed by atoms with Gasteiger partial charge in [-0.25, -0.2) is 0 Å². The van der Waals surface area contributed by atoms with Gasteiger partial charge in [-0.2, -0.15) is 0 Å². The first-order valence-electron chi connectivity index (χ1n) is 7.04. The van der Waals surface area contributed by atoms with Crippen molar-refractivity contribution in [3.05, 3.63) is 52.5 Å². The molecule has 0 saturated heterocycles. The second kappa shape index (κ2) is 7.48. The molecule has 1 unspecified atom stereocenters. The van der Waals surface area contributed by atoms with Gasteiger partial charge in [0.1, 0.15) is 5.75 Å². The summed E-state index contributed by atoms with van der Waals surface area (Å²) in [5, 5.41) is 0. The summed E-state index contributed by atoms with van der Waals surface area (Å²) in [5.74, 6) is 2.25. The zero-order valence-electron chi connectivity index (χ0n) is 12.3. The number of halogens is 1. The fourth-order valence-electron chi connectivity index (χ4n) is 2.07. The summed E-state index contributed by atoms with van der Waals surface area (Å²) < 4.78 is 12.6. The monoisotopic (exact) mass is 349 g/mol. The lowest BCUT2D eigenvalue weighted by atomic mass is 10.1. The van der Waals surface area contributed by atoms with Crippen molar-refractivity contribution < 1.29 is 9.47 Å². The summed E-state index contributed by atoms with van der Waals surface area (Å²) in [6, 6.07) is 13.7. The molecule has 2 aromatic carbocycles. The van der Waals surface area contributed by atoms with Gasteiger partial charge in [0.05, 0.1) is 6.61 Å². The van der Waals surface area contributed by atoms with Crippen LogP contribution in [0.4, 0.5) is 0 Å². The Morgan fingerprint density at radius 2 is 1.81 bits per heavy atom. The van der Waals surface area contributed by atoms with Crippen molar-refractivity contribution in [1.82, 2.24) is 0 Å². The first-order valence-corrected chi connectivity index (χ1v) is 7.83. The third-order valence-corrected chi connectivity index (χ3v) is 3.43. The number of hydrogen-bond donors (Lipinski definition) is 1. The Balaban J connectivity index is 2.32. The highest BCUT2D eigenvalue weighted by Crippen LogP contribution is 2.34. The van der Waals surface area contributed by atoms with Crippen molar-refractivity contribution in [3.63, 3.8) is 0 Å². The third-order valence-electron chi connectivity index (χ3n) is 2.94. The van der Waals surface area contributed by atoms with Gasteiger partial charge in [-0.1, -0.05) is 34.1 Å². The normalized spacial score (nSPS) is 12.0. The summed E-state index contributed by atoms with van der Waals surface area (Å²) in [6.07, 6.45) is 0.763. The van der Waals surface area contributed by atoms with E-state index in [1.807, 2.05) is 56.3 Å². The van der Waals surface area contributed by atoms with E-state index in [4.69, 9.17) is 15.2 Å². The van der Waals surface area contributed by atoms with Crippen molar-refractivity contribution in [2.75, 3.05) is 6.61 Å². The predicted molar refractivity (Wildman–Crippen MR) is 89.2 cm³/mol. The quantitative estimate of drug-likeness (QED) is 0.833. The van der Waals surface area contributed by atoms with E-state index in [-0.39, 0.29) is 6.04 Å². The molecule has 0 aliphatic heterocycles. The van der Waals surface area contributed by atoms with Crippen molar-refractivity contribution in [3.8, 4) is 17.2 Å². The summed E-state index contributed by atoms with van der Waals surface area (Å²) >= 11 is 3.48. The molecule has 0 spiro atoms. The first kappa shape index (κ1) is 15.9. The third kappa shape index (κ3) is 4.48. The summed E-state index contributed by atoms with van der Waals surface area (Å²) in [7, 11) is 0. The molecule has 4 heteroatoms. The van der Waals surface area contributed by atoms with E-state index in [1.165, 1.54) is 0 Å². The smallest absolute Gasteiger partial charge is 0.169 e. The number of benzene rings is 2. The Bertz CT molecular complexity index is 599. The standard InChI is InChI=1S/C17H20BrNO2/c1-3-20-15-6-4-5-7-16(15)21-17-11-14(18)9-8-13(17)10-12(2)19/h4-9,11-12H,3,10,19H2,1-2H3. The fraction of sp³-hybridized carbons (Fsp3) is 0.294. The molecule has 3 nitrogen and oxygen atoms in total. The molecule has 21 heavy (non-hydrogen) atoms. The number of rotatable bonds is 6. The van der Waals surface area contributed by atoms with Gasteiger partial charge < -0.3 is 15.2 Å². The molecule has 1 atom stereocenters. The fourth-order valence-corrected chi connectivity index (χ4v) is 2.41. The van der Waals surface area contributed by atoms with E-state index in [9.17, 15) is 0 Å². The van der Waals surface area contributed by atoms with Gasteiger partial charge in [0.15, 0.2) is 11.5 Å². The molecule has 0 heterocycles. The van der Waals surface area contributed by atoms with Crippen LogP contribution in [0.2, 0.25) is 0 Å². The molecule has 2 aromatic rings. The molecule has 0 radical (unpaired) electrons. The minimum Gasteiger partial charge on any atom is -0.490 e. The highest BCUT2D eigenvalue weighted by molar-refractivity contribution is 9.10. The van der Waals surface area contributed by atoms with E-state index in [2.05, 4.69) is 15.9 Å². The lowest BCUT2D eigenvalue weighted by Crippen LogP contribution is -2.18. The van der Waals surface area contributed by atoms with Crippen LogP contribution in [0.3, 0.4) is 0 Å². The topological polar surface area (TPSA) is 44.5 Å². The maximum Gasteiger partial charge on any atom is 0.169 e. The van der Waals surface area contributed by atoms with Crippen LogP contribution < -0.4 is 15.2 Å². The van der Waals surface area contributed by atoms with Crippen LogP contribution >= 0.6 is 15.9 Å². The highest BCUT2D eigenvalue weighted by atomic mass is 79.9. The second-order valence-corrected chi connectivity index (χ2v) is 5.83. The molecule has 112 valence electrons. The number of hydrogen-bond acceptors (Lipinski definition) is 3. The van der Waals surface area contributed by atoms with Gasteiger partial charge in [-0.15, -0.1) is 0 Å². The molecule has 0 aromatic heterocycles. The minimum atomic E-state index is 0.0793. The molecule has 0 saturated carbocycles. The van der Waals surface area contributed by atoms with Crippen molar-refractivity contribution in [1.29, 1.82) is 0 Å². The number of para-hydroxylation sites is 2. The SMILES string of the molecule is CCOc1ccccc1Oc1cc(Br)ccc1CC(C)N. The Kier molecular flexibility index (Phi) is 5.65. The van der Waals surface area contributed by atoms with Gasteiger partial charge in [0, 0.05) is 10.5 Å². The van der Waals surface area contributed by atoms with E-state index < -0.39 is 0 Å². The molecule has 2 N–H and O–H groups in total. The first-order chi connectivity index (χ1) is 10.1. The Morgan fingerprint density at radius 3 is 2.48 bits per heavy atom. The van der Waals surface area contributed by atoms with Crippen molar-refractivity contribution in [2.45, 2.75) is 26.3 Å². The Hall–Kier alpha value is -1.52. The average Bonchev–Trinajstić information content (AvgIpc) is 2.44. The summed E-state index contributed by atoms with van der Waals surface area (Å²) in [5.41, 5.74) is 6.99. The van der Waals surface area contributed by atoms with Crippen LogP contribution in [-0.2, 0) is 6.42 Å². The van der Waals surface area contributed by atoms with E-state index >= 15 is 0 Å². The molecule has 0 amide bonds. The van der Waals surface area contributed by atoms with Gasteiger partial charge in [-0.05, 0) is 50.1 Å². The van der Waals surface area contributed by atoms with Gasteiger partial charge in [-0.3, -0.25) is 0 Å². The van der Waals surface area contributed by atoms with E-state index in [0.29, 0.717) is 12.4 Å². The maximum absolute atomic E-state index is 6.06. The zero-order valence-corrected chi connectivity index (χ0v) is 13.9. The highest BCUT2D eigenvalue weighted by Gasteiger charge is 2.11. The number of nitrogens with two attached hydrogens (primary N) is 1. The number of ether oxygens (including phenoxy) is 2. The zero-order chi connectivity index (χ0) is 15.2. The van der Waals surface area contributed by atoms with Crippen LogP contribution in [0.15, 0.2) is 46.9 Å². The molecule has 0 aliphatic rings. The largest absolute Gasteiger partial charge is 0.490 e. The van der Waals surface area contributed by atoms with Gasteiger partial charge in [0.2, 0.25) is 0 Å². The molecule has 0 fully saturated rings. The van der Waals surface area contributed by atoms with Crippen LogP contribution in [0.1, 0.15) is 19.4 Å². The van der Waals surface area contributed by atoms with Gasteiger partial charge in [0.25, 0.3) is 0 Å². The Labute approximate surface area is 134 Å². The molecular weight excluding hydrogens is 330 g/mol. The molecule has 2 rings (SSSR count). The lowest BCUT2D eigenvalue weighted by Gasteiger charge is -2.15. The molecular formula is C17H20BrNO2. The summed E-state index contributed by atoms with van der Waals surface area (Å²) in [4.78, 5) is 0. The average molecular weight is 350 g/mol.